The fourth-order valence-electron chi connectivity index (χ4n) is 1.59. The molecule has 4 heteroatoms. The third kappa shape index (κ3) is 5.54. The van der Waals surface area contributed by atoms with Crippen LogP contribution in [-0.4, -0.2) is 38.3 Å². The van der Waals surface area contributed by atoms with Crippen LogP contribution in [0.15, 0.2) is 12.7 Å². The van der Waals surface area contributed by atoms with Gasteiger partial charge in [-0.05, 0) is 19.3 Å². The number of rotatable bonds is 7. The minimum Gasteiger partial charge on any atom is -0.378 e. The second-order valence-corrected chi connectivity index (χ2v) is 3.69. The molecule has 0 bridgehead atoms. The topological polar surface area (TPSA) is 50.4 Å². The molecule has 1 amide bonds. The molecule has 0 spiro atoms. The van der Waals surface area contributed by atoms with Crippen molar-refractivity contribution in [3.8, 4) is 0 Å². The smallest absolute Gasteiger partial charge is 0.233 e. The number of amides is 1. The lowest BCUT2D eigenvalue weighted by Crippen LogP contribution is -2.35. The van der Waals surface area contributed by atoms with Crippen LogP contribution in [0, 0.1) is 0 Å². The molecule has 4 nitrogen and oxygen atoms in total. The van der Waals surface area contributed by atoms with Gasteiger partial charge in [0.2, 0.25) is 5.91 Å². The van der Waals surface area contributed by atoms with E-state index in [0.29, 0.717) is 25.7 Å². The molecule has 0 aliphatic carbocycles. The van der Waals surface area contributed by atoms with Gasteiger partial charge >= 0.3 is 0 Å². The zero-order chi connectivity index (χ0) is 10.9. The Balaban J connectivity index is 1.93. The molecule has 1 heterocycles. The molecule has 1 saturated heterocycles. The molecule has 1 atom stereocenters. The van der Waals surface area contributed by atoms with Crippen LogP contribution in [0.5, 0.6) is 0 Å². The van der Waals surface area contributed by atoms with Gasteiger partial charge in [0, 0.05) is 19.7 Å². The summed E-state index contributed by atoms with van der Waals surface area (Å²) in [6.07, 6.45) is 5.29. The third-order valence-corrected chi connectivity index (χ3v) is 2.39. The van der Waals surface area contributed by atoms with Crippen LogP contribution in [0.2, 0.25) is 0 Å². The van der Waals surface area contributed by atoms with E-state index in [-0.39, 0.29) is 5.91 Å². The summed E-state index contributed by atoms with van der Waals surface area (Å²) in [4.78, 5) is 11.2. The van der Waals surface area contributed by atoms with Crippen molar-refractivity contribution in [2.45, 2.75) is 25.4 Å². The molecule has 1 aliphatic rings. The van der Waals surface area contributed by atoms with E-state index in [9.17, 15) is 4.79 Å². The van der Waals surface area contributed by atoms with Crippen LogP contribution < -0.4 is 10.6 Å². The van der Waals surface area contributed by atoms with Gasteiger partial charge in [-0.25, -0.2) is 0 Å². The van der Waals surface area contributed by atoms with Gasteiger partial charge in [0.15, 0.2) is 0 Å². The number of carbonyl (C=O) groups is 1. The van der Waals surface area contributed by atoms with E-state index in [1.807, 2.05) is 0 Å². The Morgan fingerprint density at radius 3 is 3.13 bits per heavy atom. The maximum atomic E-state index is 11.2. The molecule has 1 unspecified atom stereocenters. The summed E-state index contributed by atoms with van der Waals surface area (Å²) in [5.41, 5.74) is 0. The highest BCUT2D eigenvalue weighted by molar-refractivity contribution is 5.77. The predicted molar refractivity (Wildman–Crippen MR) is 59.7 cm³/mol. The second-order valence-electron chi connectivity index (χ2n) is 3.69. The van der Waals surface area contributed by atoms with Crippen LogP contribution in [0.4, 0.5) is 0 Å². The highest BCUT2D eigenvalue weighted by Crippen LogP contribution is 2.14. The van der Waals surface area contributed by atoms with E-state index in [4.69, 9.17) is 4.74 Å². The number of hydrogen-bond donors (Lipinski definition) is 2. The maximum Gasteiger partial charge on any atom is 0.233 e. The lowest BCUT2D eigenvalue weighted by molar-refractivity contribution is -0.120. The number of nitrogens with one attached hydrogen (secondary N) is 2. The van der Waals surface area contributed by atoms with Gasteiger partial charge < -0.3 is 15.4 Å². The summed E-state index contributed by atoms with van der Waals surface area (Å²) < 4.78 is 5.45. The van der Waals surface area contributed by atoms with E-state index in [1.54, 1.807) is 6.08 Å². The minimum absolute atomic E-state index is 0.0369. The Hall–Kier alpha value is -0.870. The second kappa shape index (κ2) is 7.43. The fourth-order valence-corrected chi connectivity index (χ4v) is 1.59. The van der Waals surface area contributed by atoms with Crippen LogP contribution >= 0.6 is 0 Å². The molecule has 0 aromatic carbocycles. The molecule has 1 fully saturated rings. The van der Waals surface area contributed by atoms with Gasteiger partial charge in [-0.3, -0.25) is 4.79 Å². The molecule has 2 N–H and O–H groups in total. The number of ether oxygens (including phenoxy) is 1. The van der Waals surface area contributed by atoms with Crippen LogP contribution in [0.1, 0.15) is 19.3 Å². The SMILES string of the molecule is C=CCNCC(=O)NCCC1CCCO1. The van der Waals surface area contributed by atoms with Crippen molar-refractivity contribution in [3.05, 3.63) is 12.7 Å². The fraction of sp³-hybridized carbons (Fsp3) is 0.727. The molecule has 0 aromatic heterocycles. The van der Waals surface area contributed by atoms with Crippen LogP contribution in [-0.2, 0) is 9.53 Å². The summed E-state index contributed by atoms with van der Waals surface area (Å²) >= 11 is 0. The Morgan fingerprint density at radius 2 is 2.47 bits per heavy atom. The lowest BCUT2D eigenvalue weighted by Gasteiger charge is -2.10. The highest BCUT2D eigenvalue weighted by atomic mass is 16.5. The minimum atomic E-state index is 0.0369. The zero-order valence-corrected chi connectivity index (χ0v) is 9.13. The first kappa shape index (κ1) is 12.2. The van der Waals surface area contributed by atoms with Crippen molar-refractivity contribution in [2.75, 3.05) is 26.2 Å². The molecule has 0 saturated carbocycles. The van der Waals surface area contributed by atoms with E-state index in [2.05, 4.69) is 17.2 Å². The van der Waals surface area contributed by atoms with Gasteiger partial charge in [-0.2, -0.15) is 0 Å². The molecule has 1 aliphatic heterocycles. The van der Waals surface area contributed by atoms with Gasteiger partial charge in [0.05, 0.1) is 12.6 Å². The van der Waals surface area contributed by atoms with Crippen molar-refractivity contribution >= 4 is 5.91 Å². The average molecular weight is 212 g/mol. The largest absolute Gasteiger partial charge is 0.378 e. The standard InChI is InChI=1S/C11H20N2O2/c1-2-6-12-9-11(14)13-7-5-10-4-3-8-15-10/h2,10,12H,1,3-9H2,(H,13,14). The van der Waals surface area contributed by atoms with Crippen molar-refractivity contribution in [1.29, 1.82) is 0 Å². The molecular formula is C11H20N2O2. The van der Waals surface area contributed by atoms with Gasteiger partial charge in [-0.1, -0.05) is 6.08 Å². The van der Waals surface area contributed by atoms with Crippen molar-refractivity contribution < 1.29 is 9.53 Å². The Morgan fingerprint density at radius 1 is 1.60 bits per heavy atom. The van der Waals surface area contributed by atoms with Crippen LogP contribution in [0.25, 0.3) is 0 Å². The molecule has 0 aromatic rings. The quantitative estimate of drug-likeness (QED) is 0.476. The summed E-state index contributed by atoms with van der Waals surface area (Å²) in [5.74, 6) is 0.0369. The van der Waals surface area contributed by atoms with Gasteiger partial charge in [0.1, 0.15) is 0 Å². The Labute approximate surface area is 91.1 Å². The Bertz CT molecular complexity index is 201. The Kier molecular flexibility index (Phi) is 6.04. The first-order valence-corrected chi connectivity index (χ1v) is 5.53. The average Bonchev–Trinajstić information content (AvgIpc) is 2.71. The summed E-state index contributed by atoms with van der Waals surface area (Å²) in [6, 6.07) is 0. The maximum absolute atomic E-state index is 11.2. The highest BCUT2D eigenvalue weighted by Gasteiger charge is 2.14. The lowest BCUT2D eigenvalue weighted by atomic mass is 10.2. The molecule has 1 rings (SSSR count). The van der Waals surface area contributed by atoms with Crippen LogP contribution in [0.3, 0.4) is 0 Å². The molecular weight excluding hydrogens is 192 g/mol. The van der Waals surface area contributed by atoms with Gasteiger partial charge in [0.25, 0.3) is 0 Å². The van der Waals surface area contributed by atoms with E-state index in [0.717, 1.165) is 25.9 Å². The van der Waals surface area contributed by atoms with Crippen molar-refractivity contribution in [3.63, 3.8) is 0 Å². The summed E-state index contributed by atoms with van der Waals surface area (Å²) in [5, 5.41) is 5.80. The molecule has 15 heavy (non-hydrogen) atoms. The number of carbonyl (C=O) groups excluding carboxylic acids is 1. The van der Waals surface area contributed by atoms with E-state index < -0.39 is 0 Å². The summed E-state index contributed by atoms with van der Waals surface area (Å²) in [6.45, 7) is 6.17. The van der Waals surface area contributed by atoms with Crippen molar-refractivity contribution in [1.82, 2.24) is 10.6 Å². The van der Waals surface area contributed by atoms with E-state index in [1.165, 1.54) is 0 Å². The normalized spacial score (nSPS) is 20.1. The molecule has 0 radical (unpaired) electrons. The monoisotopic (exact) mass is 212 g/mol. The first-order chi connectivity index (χ1) is 7.33. The van der Waals surface area contributed by atoms with Crippen molar-refractivity contribution in [2.24, 2.45) is 0 Å². The zero-order valence-electron chi connectivity index (χ0n) is 9.13. The number of hydrogen-bond acceptors (Lipinski definition) is 3. The predicted octanol–water partition coefficient (Wildman–Crippen LogP) is 0.447. The summed E-state index contributed by atoms with van der Waals surface area (Å²) in [7, 11) is 0. The third-order valence-electron chi connectivity index (χ3n) is 2.39. The molecule has 86 valence electrons. The van der Waals surface area contributed by atoms with E-state index >= 15 is 0 Å². The first-order valence-electron chi connectivity index (χ1n) is 5.53. The van der Waals surface area contributed by atoms with Gasteiger partial charge in [-0.15, -0.1) is 6.58 Å².